The molecule has 24 heavy (non-hydrogen) atoms. The van der Waals surface area contributed by atoms with Crippen molar-refractivity contribution < 1.29 is 0 Å². The van der Waals surface area contributed by atoms with Gasteiger partial charge in [-0.05, 0) is 0 Å². The van der Waals surface area contributed by atoms with Crippen molar-refractivity contribution in [3.63, 3.8) is 0 Å². The van der Waals surface area contributed by atoms with Crippen LogP contribution in [-0.4, -0.2) is 24.3 Å². The van der Waals surface area contributed by atoms with Gasteiger partial charge >= 0.3 is 146 Å². The molecule has 0 aliphatic carbocycles. The molecule has 2 heterocycles. The van der Waals surface area contributed by atoms with Gasteiger partial charge in [0, 0.05) is 0 Å². The van der Waals surface area contributed by atoms with Crippen LogP contribution in [0.25, 0.3) is 25.5 Å². The average molecular weight is 379 g/mol. The zero-order valence-electron chi connectivity index (χ0n) is 13.5. The first-order valence-corrected chi connectivity index (χ1v) is 9.51. The molecule has 0 radical (unpaired) electrons. The van der Waals surface area contributed by atoms with Gasteiger partial charge in [0.15, 0.2) is 0 Å². The van der Waals surface area contributed by atoms with E-state index in [-0.39, 0.29) is 19.9 Å². The molecule has 0 spiro atoms. The van der Waals surface area contributed by atoms with Crippen molar-refractivity contribution in [1.82, 2.24) is 9.78 Å². The predicted octanol–water partition coefficient (Wildman–Crippen LogP) is 3.73. The molecule has 0 saturated carbocycles. The quantitative estimate of drug-likeness (QED) is 0.498. The van der Waals surface area contributed by atoms with E-state index in [0.717, 1.165) is 31.2 Å². The molecular formula is C20H16N2OSe. The Labute approximate surface area is 145 Å². The van der Waals surface area contributed by atoms with Crippen LogP contribution in [0, 0.1) is 13.8 Å². The van der Waals surface area contributed by atoms with Gasteiger partial charge in [-0.15, -0.1) is 0 Å². The van der Waals surface area contributed by atoms with Crippen molar-refractivity contribution in [3.8, 4) is 15.7 Å². The van der Waals surface area contributed by atoms with Crippen molar-refractivity contribution >= 4 is 24.3 Å². The summed E-state index contributed by atoms with van der Waals surface area (Å²) in [6.45, 7) is 3.98. The van der Waals surface area contributed by atoms with Crippen molar-refractivity contribution in [2.45, 2.75) is 13.8 Å². The normalized spacial score (nSPS) is 11.1. The van der Waals surface area contributed by atoms with Crippen molar-refractivity contribution in [2.75, 3.05) is 0 Å². The second-order valence-electron chi connectivity index (χ2n) is 5.85. The van der Waals surface area contributed by atoms with E-state index < -0.39 is 0 Å². The summed E-state index contributed by atoms with van der Waals surface area (Å²) >= 11 is 0.0384. The van der Waals surface area contributed by atoms with Gasteiger partial charge in [0.1, 0.15) is 0 Å². The van der Waals surface area contributed by atoms with E-state index in [1.165, 1.54) is 5.56 Å². The van der Waals surface area contributed by atoms with Crippen molar-refractivity contribution in [3.05, 3.63) is 82.1 Å². The SMILES string of the molecule is Cc1ccc(-n2nc(C)c3c(=O)cc(-c4ccccc4)[se]c32)cc1. The molecule has 0 fully saturated rings. The Morgan fingerprint density at radius 1 is 0.958 bits per heavy atom. The molecule has 0 unspecified atom stereocenters. The number of benzene rings is 2. The Bertz CT molecular complexity index is 1080. The zero-order chi connectivity index (χ0) is 16.7. The zero-order valence-corrected chi connectivity index (χ0v) is 15.2. The van der Waals surface area contributed by atoms with E-state index in [1.54, 1.807) is 6.07 Å². The van der Waals surface area contributed by atoms with Crippen LogP contribution in [0.2, 0.25) is 0 Å². The van der Waals surface area contributed by atoms with E-state index in [2.05, 4.69) is 48.4 Å². The third-order valence-corrected chi connectivity index (χ3v) is 6.47. The van der Waals surface area contributed by atoms with E-state index in [1.807, 2.05) is 29.8 Å². The molecule has 0 saturated heterocycles. The fourth-order valence-electron chi connectivity index (χ4n) is 2.81. The molecule has 0 amide bonds. The van der Waals surface area contributed by atoms with E-state index in [0.29, 0.717) is 0 Å². The molecule has 0 aliphatic rings. The van der Waals surface area contributed by atoms with E-state index >= 15 is 0 Å². The fraction of sp³-hybridized carbons (Fsp3) is 0.100. The summed E-state index contributed by atoms with van der Waals surface area (Å²) in [6, 6.07) is 20.2. The summed E-state index contributed by atoms with van der Waals surface area (Å²) in [7, 11) is 0. The van der Waals surface area contributed by atoms with Gasteiger partial charge < -0.3 is 0 Å². The second-order valence-corrected chi connectivity index (χ2v) is 8.02. The Kier molecular flexibility index (Phi) is 3.72. The average Bonchev–Trinajstić information content (AvgIpc) is 2.93. The summed E-state index contributed by atoms with van der Waals surface area (Å²) in [4.78, 5) is 12.7. The first-order chi connectivity index (χ1) is 11.6. The number of hydrogen-bond donors (Lipinski definition) is 0. The number of hydrogen-bond acceptors (Lipinski definition) is 2. The maximum atomic E-state index is 12.7. The van der Waals surface area contributed by atoms with Gasteiger partial charge in [0.25, 0.3) is 0 Å². The molecule has 0 N–H and O–H groups in total. The third-order valence-electron chi connectivity index (χ3n) is 4.07. The number of aryl methyl sites for hydroxylation is 2. The number of nitrogens with zero attached hydrogens (tertiary/aromatic N) is 2. The molecule has 4 aromatic rings. The topological polar surface area (TPSA) is 34.9 Å². The second kappa shape index (κ2) is 5.90. The fourth-order valence-corrected chi connectivity index (χ4v) is 5.36. The minimum atomic E-state index is 0.0384. The summed E-state index contributed by atoms with van der Waals surface area (Å²) < 4.78 is 4.09. The Morgan fingerprint density at radius 3 is 2.38 bits per heavy atom. The van der Waals surface area contributed by atoms with Crippen molar-refractivity contribution in [2.24, 2.45) is 0 Å². The number of fused-ring (bicyclic) bond motifs is 1. The van der Waals surface area contributed by atoms with E-state index in [4.69, 9.17) is 0 Å². The monoisotopic (exact) mass is 380 g/mol. The van der Waals surface area contributed by atoms with Crippen LogP contribution in [0.15, 0.2) is 65.5 Å². The maximum absolute atomic E-state index is 12.7. The molecule has 4 rings (SSSR count). The predicted molar refractivity (Wildman–Crippen MR) is 99.2 cm³/mol. The first kappa shape index (κ1) is 15.1. The summed E-state index contributed by atoms with van der Waals surface area (Å²) in [5.74, 6) is 0. The molecule has 2 aromatic carbocycles. The minimum absolute atomic E-state index is 0.0384. The summed E-state index contributed by atoms with van der Waals surface area (Å²) in [5.41, 5.74) is 4.20. The van der Waals surface area contributed by atoms with Crippen LogP contribution in [0.4, 0.5) is 0 Å². The van der Waals surface area contributed by atoms with Gasteiger partial charge in [0.05, 0.1) is 0 Å². The Hall–Kier alpha value is -2.42. The van der Waals surface area contributed by atoms with Gasteiger partial charge in [-0.1, -0.05) is 0 Å². The van der Waals surface area contributed by atoms with Crippen LogP contribution in [0.1, 0.15) is 11.3 Å². The van der Waals surface area contributed by atoms with Crippen molar-refractivity contribution in [1.29, 1.82) is 0 Å². The third kappa shape index (κ3) is 2.54. The van der Waals surface area contributed by atoms with Crippen LogP contribution in [-0.2, 0) is 0 Å². The Balaban J connectivity index is 2.00. The first-order valence-electron chi connectivity index (χ1n) is 7.79. The molecule has 4 heteroatoms. The standard InChI is InChI=1S/C20H16N2OSe/c1-13-8-10-16(11-9-13)22-20-19(14(2)21-22)17(23)12-18(24-20)15-6-4-3-5-7-15/h3-12H,1-2H3. The van der Waals surface area contributed by atoms with Gasteiger partial charge in [-0.25, -0.2) is 0 Å². The van der Waals surface area contributed by atoms with Gasteiger partial charge in [-0.3, -0.25) is 0 Å². The van der Waals surface area contributed by atoms with Gasteiger partial charge in [-0.2, -0.15) is 0 Å². The molecule has 118 valence electrons. The summed E-state index contributed by atoms with van der Waals surface area (Å²) in [5, 5.41) is 5.42. The molecule has 0 atom stereocenters. The Morgan fingerprint density at radius 2 is 1.67 bits per heavy atom. The van der Waals surface area contributed by atoms with Crippen LogP contribution in [0.5, 0.6) is 0 Å². The number of aromatic nitrogens is 2. The van der Waals surface area contributed by atoms with Gasteiger partial charge in [0.2, 0.25) is 0 Å². The van der Waals surface area contributed by atoms with Crippen LogP contribution in [0.3, 0.4) is 0 Å². The van der Waals surface area contributed by atoms with Crippen LogP contribution < -0.4 is 5.43 Å². The molecule has 0 aliphatic heterocycles. The van der Waals surface area contributed by atoms with Crippen LogP contribution >= 0.6 is 0 Å². The number of rotatable bonds is 2. The van der Waals surface area contributed by atoms with E-state index in [9.17, 15) is 4.79 Å². The molecule has 0 bridgehead atoms. The molecular weight excluding hydrogens is 363 g/mol. The molecule has 2 aromatic heterocycles. The molecule has 3 nitrogen and oxygen atoms in total. The summed E-state index contributed by atoms with van der Waals surface area (Å²) in [6.07, 6.45) is 0.